The highest BCUT2D eigenvalue weighted by Gasteiger charge is 2.34. The molecule has 0 saturated carbocycles. The molecule has 0 aromatic carbocycles. The molecule has 0 radical (unpaired) electrons. The zero-order chi connectivity index (χ0) is 23.3. The molecule has 0 bridgehead atoms. The summed E-state index contributed by atoms with van der Waals surface area (Å²) in [6, 6.07) is 0. The number of nitro groups is 2. The van der Waals surface area contributed by atoms with E-state index in [-0.39, 0.29) is 48.1 Å². The van der Waals surface area contributed by atoms with Gasteiger partial charge in [0, 0.05) is 13.8 Å². The van der Waals surface area contributed by atoms with E-state index < -0.39 is 29.9 Å². The van der Waals surface area contributed by atoms with Crippen LogP contribution in [0, 0.1) is 34.1 Å². The molecule has 2 rings (SSSR count). The first-order chi connectivity index (χ1) is 14.5. The number of rotatable bonds is 12. The molecule has 17 heteroatoms. The molecule has 0 aliphatic rings. The lowest BCUT2D eigenvalue weighted by Gasteiger charge is -2.22. The molecule has 0 fully saturated rings. The fraction of sp³-hybridized carbons (Fsp3) is 0.571. The molecule has 2 aromatic heterocycles. The van der Waals surface area contributed by atoms with Crippen molar-refractivity contribution in [1.29, 1.82) is 0 Å². The first-order valence-electron chi connectivity index (χ1n) is 8.63. The lowest BCUT2D eigenvalue weighted by molar-refractivity contribution is -0.392. The molecular weight excluding hydrogens is 482 g/mol. The topological polar surface area (TPSA) is 178 Å². The van der Waals surface area contributed by atoms with Crippen LogP contribution in [0.3, 0.4) is 0 Å². The number of hydrogen-bond acceptors (Lipinski definition) is 9. The van der Waals surface area contributed by atoms with Gasteiger partial charge < -0.3 is 25.1 Å². The van der Waals surface area contributed by atoms with Gasteiger partial charge in [-0.25, -0.2) is 23.7 Å². The van der Waals surface area contributed by atoms with Gasteiger partial charge in [0.25, 0.3) is 0 Å². The highest BCUT2D eigenvalue weighted by atomic mass is 35.5. The minimum absolute atomic E-state index is 0.239. The summed E-state index contributed by atoms with van der Waals surface area (Å²) in [5.41, 5.74) is 0. The van der Waals surface area contributed by atoms with Gasteiger partial charge in [-0.1, -0.05) is 0 Å². The predicted molar refractivity (Wildman–Crippen MR) is 108 cm³/mol. The van der Waals surface area contributed by atoms with Crippen LogP contribution < -0.4 is 0 Å². The number of nitrogens with zero attached hydrogens (tertiary/aromatic N) is 6. The van der Waals surface area contributed by atoms with Crippen LogP contribution in [0.4, 0.5) is 11.6 Å². The normalized spacial score (nSPS) is 15.4. The standard InChI is InChI=1S/C14H19Cl2N6O8P/c1-9-17-5-13(21(23)24)19(9)7-11(3-15)29-31(27,28)30-12(4-16)8-20-10(2)18-6-14(20)22(25)26/h5-6,11-12H,3-4,7-8H2,1-2H3,(H,27,28)/t11-,12+. The van der Waals surface area contributed by atoms with E-state index >= 15 is 0 Å². The second-order valence-electron chi connectivity index (χ2n) is 6.29. The summed E-state index contributed by atoms with van der Waals surface area (Å²) >= 11 is 11.6. The van der Waals surface area contributed by atoms with E-state index in [4.69, 9.17) is 32.2 Å². The van der Waals surface area contributed by atoms with Crippen molar-refractivity contribution < 1.29 is 28.4 Å². The monoisotopic (exact) mass is 500 g/mol. The summed E-state index contributed by atoms with van der Waals surface area (Å²) in [5.74, 6) is -0.708. The lowest BCUT2D eigenvalue weighted by atomic mass is 10.4. The smallest absolute Gasteiger partial charge is 0.358 e. The number of hydrogen-bond donors (Lipinski definition) is 1. The molecule has 0 aliphatic carbocycles. The van der Waals surface area contributed by atoms with Gasteiger partial charge in [0.15, 0.2) is 11.6 Å². The average molecular weight is 501 g/mol. The van der Waals surface area contributed by atoms with Gasteiger partial charge in [-0.3, -0.25) is 9.05 Å². The quantitative estimate of drug-likeness (QED) is 0.197. The Kier molecular flexibility index (Phi) is 8.51. The molecule has 1 N–H and O–H groups in total. The summed E-state index contributed by atoms with van der Waals surface area (Å²) in [6.07, 6.45) is -0.215. The van der Waals surface area contributed by atoms with Gasteiger partial charge in [-0.05, 0) is 9.85 Å². The maximum absolute atomic E-state index is 12.5. The molecule has 1 unspecified atom stereocenters. The molecule has 14 nitrogen and oxygen atoms in total. The Morgan fingerprint density at radius 1 is 1.00 bits per heavy atom. The van der Waals surface area contributed by atoms with Crippen molar-refractivity contribution in [2.75, 3.05) is 11.8 Å². The fourth-order valence-corrected chi connectivity index (χ4v) is 4.27. The second-order valence-corrected chi connectivity index (χ2v) is 8.27. The fourth-order valence-electron chi connectivity index (χ4n) is 2.68. The van der Waals surface area contributed by atoms with E-state index in [0.717, 1.165) is 12.4 Å². The van der Waals surface area contributed by atoms with Gasteiger partial charge in [-0.15, -0.1) is 23.2 Å². The third-order valence-electron chi connectivity index (χ3n) is 4.12. The van der Waals surface area contributed by atoms with Crippen molar-refractivity contribution in [1.82, 2.24) is 19.1 Å². The van der Waals surface area contributed by atoms with Crippen LogP contribution in [0.25, 0.3) is 0 Å². The van der Waals surface area contributed by atoms with E-state index in [0.29, 0.717) is 0 Å². The van der Waals surface area contributed by atoms with Crippen molar-refractivity contribution >= 4 is 42.7 Å². The summed E-state index contributed by atoms with van der Waals surface area (Å²) in [4.78, 5) is 38.7. The predicted octanol–water partition coefficient (Wildman–Crippen LogP) is 2.56. The zero-order valence-electron chi connectivity index (χ0n) is 16.3. The number of alkyl halides is 2. The first kappa shape index (κ1) is 25.2. The van der Waals surface area contributed by atoms with Crippen LogP contribution in [-0.4, -0.2) is 57.8 Å². The molecule has 172 valence electrons. The molecule has 3 atom stereocenters. The van der Waals surface area contributed by atoms with Crippen molar-refractivity contribution in [3.05, 3.63) is 44.3 Å². The number of aromatic nitrogens is 4. The SMILES string of the molecule is Cc1ncc([N+](=O)[O-])n1C[C@@H](CCl)OP(=O)(O)O[C@@H](CCl)Cn1c([N+](=O)[O-])cnc1C. The summed E-state index contributed by atoms with van der Waals surface area (Å²) in [5, 5.41) is 22.2. The molecule has 0 saturated heterocycles. The number of imidazole rings is 2. The highest BCUT2D eigenvalue weighted by Crippen LogP contribution is 2.47. The summed E-state index contributed by atoms with van der Waals surface area (Å²) < 4.78 is 25.0. The molecule has 2 aromatic rings. The molecule has 2 heterocycles. The Bertz CT molecular complexity index is 923. The minimum Gasteiger partial charge on any atom is -0.358 e. The number of phosphoric acid groups is 1. The van der Waals surface area contributed by atoms with E-state index in [1.54, 1.807) is 0 Å². The van der Waals surface area contributed by atoms with Gasteiger partial charge in [0.05, 0.1) is 11.8 Å². The van der Waals surface area contributed by atoms with Crippen molar-refractivity contribution in [3.63, 3.8) is 0 Å². The average Bonchev–Trinajstić information content (AvgIpc) is 3.23. The number of phosphoric ester groups is 1. The summed E-state index contributed by atoms with van der Waals surface area (Å²) in [7, 11) is -4.76. The van der Waals surface area contributed by atoms with Crippen LogP contribution in [0.5, 0.6) is 0 Å². The van der Waals surface area contributed by atoms with Crippen LogP contribution in [-0.2, 0) is 26.7 Å². The van der Waals surface area contributed by atoms with E-state index in [9.17, 15) is 29.7 Å². The first-order valence-corrected chi connectivity index (χ1v) is 11.2. The van der Waals surface area contributed by atoms with Gasteiger partial charge in [0.1, 0.15) is 37.7 Å². The Morgan fingerprint density at radius 2 is 1.35 bits per heavy atom. The van der Waals surface area contributed by atoms with Crippen molar-refractivity contribution in [2.45, 2.75) is 39.1 Å². The summed E-state index contributed by atoms with van der Waals surface area (Å²) in [6.45, 7) is 2.54. The Morgan fingerprint density at radius 3 is 1.65 bits per heavy atom. The van der Waals surface area contributed by atoms with Crippen LogP contribution in [0.1, 0.15) is 11.6 Å². The van der Waals surface area contributed by atoms with Gasteiger partial charge in [0.2, 0.25) is 0 Å². The second kappa shape index (κ2) is 10.5. The molecule has 31 heavy (non-hydrogen) atoms. The maximum atomic E-state index is 12.5. The van der Waals surface area contributed by atoms with Crippen LogP contribution in [0.2, 0.25) is 0 Å². The number of halogens is 2. The van der Waals surface area contributed by atoms with E-state index in [1.807, 2.05) is 0 Å². The lowest BCUT2D eigenvalue weighted by Crippen LogP contribution is -2.26. The molecule has 0 amide bonds. The van der Waals surface area contributed by atoms with Crippen molar-refractivity contribution in [3.8, 4) is 0 Å². The van der Waals surface area contributed by atoms with Crippen molar-refractivity contribution in [2.24, 2.45) is 0 Å². The van der Waals surface area contributed by atoms with Crippen LogP contribution in [0.15, 0.2) is 12.4 Å². The Labute approximate surface area is 185 Å². The molecular formula is C14H19Cl2N6O8P. The Balaban J connectivity index is 2.12. The largest absolute Gasteiger partial charge is 0.473 e. The third-order valence-corrected chi connectivity index (χ3v) is 5.94. The maximum Gasteiger partial charge on any atom is 0.473 e. The van der Waals surface area contributed by atoms with Gasteiger partial charge in [-0.2, -0.15) is 0 Å². The van der Waals surface area contributed by atoms with Gasteiger partial charge >= 0.3 is 19.5 Å². The molecule has 0 spiro atoms. The van der Waals surface area contributed by atoms with E-state index in [2.05, 4.69) is 9.97 Å². The zero-order valence-corrected chi connectivity index (χ0v) is 18.7. The minimum atomic E-state index is -4.76. The van der Waals surface area contributed by atoms with E-state index in [1.165, 1.54) is 23.0 Å². The highest BCUT2D eigenvalue weighted by molar-refractivity contribution is 7.47. The van der Waals surface area contributed by atoms with Crippen LogP contribution >= 0.6 is 31.0 Å². The molecule has 0 aliphatic heterocycles. The number of aryl methyl sites for hydroxylation is 2. The third kappa shape index (κ3) is 6.45. The Hall–Kier alpha value is -2.09.